The summed E-state index contributed by atoms with van der Waals surface area (Å²) in [7, 11) is 0. The Morgan fingerprint density at radius 3 is 2.25 bits per heavy atom. The Labute approximate surface area is 205 Å². The lowest BCUT2D eigenvalue weighted by molar-refractivity contribution is -0.384. The van der Waals surface area contributed by atoms with Crippen LogP contribution in [0.5, 0.6) is 0 Å². The molecule has 0 radical (unpaired) electrons. The van der Waals surface area contributed by atoms with Gasteiger partial charge >= 0.3 is 0 Å². The number of benzene rings is 3. The first kappa shape index (κ1) is 21.7. The van der Waals surface area contributed by atoms with Gasteiger partial charge in [-0.1, -0.05) is 42.5 Å². The summed E-state index contributed by atoms with van der Waals surface area (Å²) in [4.78, 5) is 54.6. The summed E-state index contributed by atoms with van der Waals surface area (Å²) in [5.74, 6) is -3.00. The molecule has 4 atom stereocenters. The van der Waals surface area contributed by atoms with Gasteiger partial charge in [-0.2, -0.15) is 0 Å². The number of hydrogen-bond acceptors (Lipinski definition) is 6. The van der Waals surface area contributed by atoms with Crippen LogP contribution in [0.3, 0.4) is 0 Å². The molecule has 3 aliphatic rings. The van der Waals surface area contributed by atoms with Crippen molar-refractivity contribution in [2.75, 3.05) is 10.2 Å². The SMILES string of the molecule is O=C(Nc1ccccc1)C1C2C(=O)N(c3ccc([N+](=O)[O-])cc3)C(=O)C2C2c3ccccc3C=CN12. The molecular weight excluding hydrogens is 460 g/mol. The second kappa shape index (κ2) is 8.16. The van der Waals surface area contributed by atoms with E-state index in [9.17, 15) is 24.5 Å². The van der Waals surface area contributed by atoms with Crippen molar-refractivity contribution in [3.8, 4) is 0 Å². The monoisotopic (exact) mass is 480 g/mol. The summed E-state index contributed by atoms with van der Waals surface area (Å²) in [6.45, 7) is 0. The van der Waals surface area contributed by atoms with E-state index in [1.807, 2.05) is 41.3 Å². The third kappa shape index (κ3) is 3.20. The van der Waals surface area contributed by atoms with Crippen LogP contribution in [0.25, 0.3) is 6.08 Å². The Hall–Kier alpha value is -4.79. The molecule has 9 nitrogen and oxygen atoms in total. The van der Waals surface area contributed by atoms with Gasteiger partial charge in [0.2, 0.25) is 17.7 Å². The predicted molar refractivity (Wildman–Crippen MR) is 131 cm³/mol. The van der Waals surface area contributed by atoms with Crippen LogP contribution in [0.1, 0.15) is 17.2 Å². The van der Waals surface area contributed by atoms with Crippen molar-refractivity contribution in [2.24, 2.45) is 11.8 Å². The normalized spacial score (nSPS) is 23.8. The second-order valence-electron chi connectivity index (χ2n) is 8.97. The molecule has 36 heavy (non-hydrogen) atoms. The number of carbonyl (C=O) groups is 3. The minimum absolute atomic E-state index is 0.143. The van der Waals surface area contributed by atoms with Gasteiger partial charge in [-0.3, -0.25) is 24.5 Å². The van der Waals surface area contributed by atoms with Gasteiger partial charge in [-0.15, -0.1) is 0 Å². The zero-order valence-electron chi connectivity index (χ0n) is 18.9. The molecule has 0 aromatic heterocycles. The van der Waals surface area contributed by atoms with Gasteiger partial charge in [-0.05, 0) is 41.5 Å². The minimum atomic E-state index is -0.919. The number of nitrogens with one attached hydrogen (secondary N) is 1. The van der Waals surface area contributed by atoms with Gasteiger partial charge in [0, 0.05) is 24.0 Å². The zero-order valence-corrected chi connectivity index (χ0v) is 18.9. The quantitative estimate of drug-likeness (QED) is 0.346. The van der Waals surface area contributed by atoms with E-state index >= 15 is 0 Å². The number of carbonyl (C=O) groups excluding carboxylic acids is 3. The maximum absolute atomic E-state index is 13.8. The lowest BCUT2D eigenvalue weighted by Gasteiger charge is -2.35. The van der Waals surface area contributed by atoms with Gasteiger partial charge in [0.05, 0.1) is 28.5 Å². The molecule has 0 saturated carbocycles. The number of non-ortho nitro benzene ring substituents is 1. The number of hydrogen-bond donors (Lipinski definition) is 1. The summed E-state index contributed by atoms with van der Waals surface area (Å²) >= 11 is 0. The van der Waals surface area contributed by atoms with Crippen LogP contribution in [-0.4, -0.2) is 33.6 Å². The van der Waals surface area contributed by atoms with Crippen molar-refractivity contribution in [1.82, 2.24) is 4.90 Å². The van der Waals surface area contributed by atoms with Crippen LogP contribution >= 0.6 is 0 Å². The van der Waals surface area contributed by atoms with E-state index in [2.05, 4.69) is 5.32 Å². The van der Waals surface area contributed by atoms with Crippen molar-refractivity contribution in [1.29, 1.82) is 0 Å². The van der Waals surface area contributed by atoms with E-state index in [1.165, 1.54) is 24.3 Å². The number of nitro benzene ring substituents is 1. The number of anilines is 2. The van der Waals surface area contributed by atoms with E-state index < -0.39 is 40.7 Å². The summed E-state index contributed by atoms with van der Waals surface area (Å²) in [6, 6.07) is 20.5. The van der Waals surface area contributed by atoms with Crippen molar-refractivity contribution >= 4 is 40.9 Å². The fourth-order valence-corrected chi connectivity index (χ4v) is 5.57. The molecule has 0 aliphatic carbocycles. The number of nitro groups is 1. The van der Waals surface area contributed by atoms with Gasteiger partial charge in [0.1, 0.15) is 6.04 Å². The summed E-state index contributed by atoms with van der Waals surface area (Å²) < 4.78 is 0. The highest BCUT2D eigenvalue weighted by atomic mass is 16.6. The fraction of sp³-hybridized carbons (Fsp3) is 0.148. The predicted octanol–water partition coefficient (Wildman–Crippen LogP) is 3.75. The maximum Gasteiger partial charge on any atom is 0.269 e. The first-order chi connectivity index (χ1) is 17.5. The van der Waals surface area contributed by atoms with Gasteiger partial charge in [0.15, 0.2) is 0 Å². The molecule has 178 valence electrons. The highest BCUT2D eigenvalue weighted by Gasteiger charge is 2.64. The number of amides is 3. The second-order valence-corrected chi connectivity index (χ2v) is 8.97. The molecule has 3 amide bonds. The summed E-state index contributed by atoms with van der Waals surface area (Å²) in [6.07, 6.45) is 3.68. The minimum Gasteiger partial charge on any atom is -0.357 e. The van der Waals surface area contributed by atoms with E-state index in [4.69, 9.17) is 0 Å². The molecule has 3 aromatic carbocycles. The van der Waals surface area contributed by atoms with Gasteiger partial charge < -0.3 is 10.2 Å². The Morgan fingerprint density at radius 1 is 0.861 bits per heavy atom. The third-order valence-electron chi connectivity index (χ3n) is 7.09. The van der Waals surface area contributed by atoms with Gasteiger partial charge in [-0.25, -0.2) is 4.90 Å². The Bertz CT molecular complexity index is 1440. The van der Waals surface area contributed by atoms with Crippen LogP contribution in [-0.2, 0) is 14.4 Å². The summed E-state index contributed by atoms with van der Waals surface area (Å²) in [5, 5.41) is 14.0. The van der Waals surface area contributed by atoms with Gasteiger partial charge in [0.25, 0.3) is 5.69 Å². The molecule has 9 heteroatoms. The van der Waals surface area contributed by atoms with Crippen LogP contribution in [0.2, 0.25) is 0 Å². The van der Waals surface area contributed by atoms with Crippen molar-refractivity contribution in [3.63, 3.8) is 0 Å². The highest BCUT2D eigenvalue weighted by molar-refractivity contribution is 6.24. The zero-order chi connectivity index (χ0) is 25.0. The topological polar surface area (TPSA) is 113 Å². The van der Waals surface area contributed by atoms with Crippen LogP contribution in [0, 0.1) is 22.0 Å². The molecule has 3 aromatic rings. The highest BCUT2D eigenvalue weighted by Crippen LogP contribution is 2.53. The van der Waals surface area contributed by atoms with E-state index in [0.717, 1.165) is 16.0 Å². The molecule has 4 unspecified atom stereocenters. The van der Waals surface area contributed by atoms with Crippen molar-refractivity contribution in [3.05, 3.63) is 106 Å². The average Bonchev–Trinajstić information content (AvgIpc) is 3.37. The van der Waals surface area contributed by atoms with E-state index in [1.54, 1.807) is 30.5 Å². The average molecular weight is 480 g/mol. The van der Waals surface area contributed by atoms with Crippen LogP contribution in [0.4, 0.5) is 17.1 Å². The smallest absolute Gasteiger partial charge is 0.269 e. The number of para-hydroxylation sites is 1. The Morgan fingerprint density at radius 2 is 1.53 bits per heavy atom. The molecule has 2 fully saturated rings. The molecule has 0 bridgehead atoms. The summed E-state index contributed by atoms with van der Waals surface area (Å²) in [5.41, 5.74) is 2.49. The molecule has 0 spiro atoms. The lowest BCUT2D eigenvalue weighted by atomic mass is 9.84. The first-order valence-corrected chi connectivity index (χ1v) is 11.5. The number of rotatable bonds is 4. The standard InChI is InChI=1S/C27H20N4O5/c32-25(28-17-7-2-1-3-8-17)24-22-21(23-20-9-5-4-6-16(20)14-15-29(23)24)26(33)30(27(22)34)18-10-12-19(13-11-18)31(35)36/h1-15,21-24H,(H,28,32). The number of fused-ring (bicyclic) bond motifs is 5. The van der Waals surface area contributed by atoms with E-state index in [0.29, 0.717) is 5.69 Å². The molecular formula is C27H20N4O5. The molecule has 1 N–H and O–H groups in total. The number of imide groups is 1. The molecule has 2 saturated heterocycles. The largest absolute Gasteiger partial charge is 0.357 e. The maximum atomic E-state index is 13.8. The fourth-order valence-electron chi connectivity index (χ4n) is 5.57. The number of nitrogens with zero attached hydrogens (tertiary/aromatic N) is 3. The Kier molecular flexibility index (Phi) is 4.92. The van der Waals surface area contributed by atoms with E-state index in [-0.39, 0.29) is 17.3 Å². The van der Waals surface area contributed by atoms with Crippen molar-refractivity contribution in [2.45, 2.75) is 12.1 Å². The lowest BCUT2D eigenvalue weighted by Crippen LogP contribution is -2.46. The molecule has 3 heterocycles. The van der Waals surface area contributed by atoms with Crippen LogP contribution in [0.15, 0.2) is 85.1 Å². The Balaban J connectivity index is 1.43. The first-order valence-electron chi connectivity index (χ1n) is 11.5. The van der Waals surface area contributed by atoms with Crippen LogP contribution < -0.4 is 10.2 Å². The molecule has 6 rings (SSSR count). The van der Waals surface area contributed by atoms with Crippen molar-refractivity contribution < 1.29 is 19.3 Å². The molecule has 3 aliphatic heterocycles. The third-order valence-corrected chi connectivity index (χ3v) is 7.09.